The molecular weight excluding hydrogens is 364 g/mol. The van der Waals surface area contributed by atoms with Gasteiger partial charge in [0.15, 0.2) is 0 Å². The van der Waals surface area contributed by atoms with Crippen LogP contribution in [0.2, 0.25) is 0 Å². The molecule has 1 aliphatic carbocycles. The fraction of sp³-hybridized carbons (Fsp3) is 0.458. The van der Waals surface area contributed by atoms with E-state index in [4.69, 9.17) is 9.47 Å². The zero-order chi connectivity index (χ0) is 20.8. The number of benzene rings is 2. The summed E-state index contributed by atoms with van der Waals surface area (Å²) in [5, 5.41) is 3.13. The molecule has 0 heterocycles. The van der Waals surface area contributed by atoms with Crippen LogP contribution in [0.3, 0.4) is 0 Å². The van der Waals surface area contributed by atoms with Gasteiger partial charge in [0.05, 0.1) is 26.8 Å². The van der Waals surface area contributed by atoms with E-state index in [1.165, 1.54) is 36.0 Å². The second-order valence-electron chi connectivity index (χ2n) is 7.87. The Morgan fingerprint density at radius 1 is 1.07 bits per heavy atom. The molecule has 0 aliphatic heterocycles. The average molecular weight is 397 g/mol. The predicted octanol–water partition coefficient (Wildman–Crippen LogP) is 3.89. The number of fused-ring (bicyclic) bond motifs is 1. The quantitative estimate of drug-likeness (QED) is 0.735. The summed E-state index contributed by atoms with van der Waals surface area (Å²) in [6.45, 7) is 2.99. The Morgan fingerprint density at radius 3 is 2.55 bits per heavy atom. The zero-order valence-corrected chi connectivity index (χ0v) is 18.0. The first-order valence-corrected chi connectivity index (χ1v) is 10.3. The van der Waals surface area contributed by atoms with Crippen molar-refractivity contribution in [1.29, 1.82) is 0 Å². The Kier molecular flexibility index (Phi) is 7.15. The highest BCUT2D eigenvalue weighted by atomic mass is 16.5. The van der Waals surface area contributed by atoms with Crippen LogP contribution in [0.25, 0.3) is 0 Å². The number of nitrogens with zero attached hydrogens (tertiary/aromatic N) is 1. The highest BCUT2D eigenvalue weighted by molar-refractivity contribution is 5.78. The van der Waals surface area contributed by atoms with Gasteiger partial charge in [-0.2, -0.15) is 0 Å². The molecule has 0 saturated heterocycles. The minimum absolute atomic E-state index is 0.00125. The molecule has 0 radical (unpaired) electrons. The van der Waals surface area contributed by atoms with Gasteiger partial charge in [0.2, 0.25) is 5.91 Å². The number of nitrogens with one attached hydrogen (secondary N) is 1. The Bertz CT molecular complexity index is 850. The molecule has 156 valence electrons. The van der Waals surface area contributed by atoms with Crippen molar-refractivity contribution in [3.05, 3.63) is 58.7 Å². The third kappa shape index (κ3) is 5.51. The van der Waals surface area contributed by atoms with E-state index < -0.39 is 0 Å². The van der Waals surface area contributed by atoms with Crippen LogP contribution in [0.5, 0.6) is 11.5 Å². The fourth-order valence-electron chi connectivity index (χ4n) is 3.97. The number of ether oxygens (including phenoxy) is 2. The number of rotatable bonds is 8. The number of likely N-dealkylation sites (N-methyl/N-ethyl adjacent to an activating group) is 1. The van der Waals surface area contributed by atoms with Crippen LogP contribution >= 0.6 is 0 Å². The summed E-state index contributed by atoms with van der Waals surface area (Å²) in [5.41, 5.74) is 5.11. The van der Waals surface area contributed by atoms with E-state index in [2.05, 4.69) is 30.4 Å². The highest BCUT2D eigenvalue weighted by Crippen LogP contribution is 2.26. The maximum Gasteiger partial charge on any atom is 0.234 e. The summed E-state index contributed by atoms with van der Waals surface area (Å²) in [5.74, 6) is 1.54. The zero-order valence-electron chi connectivity index (χ0n) is 18.0. The molecular formula is C24H32N2O3. The second-order valence-corrected chi connectivity index (χ2v) is 7.87. The van der Waals surface area contributed by atoms with E-state index in [0.717, 1.165) is 23.5 Å². The van der Waals surface area contributed by atoms with Crippen molar-refractivity contribution in [2.45, 2.75) is 45.2 Å². The van der Waals surface area contributed by atoms with Gasteiger partial charge < -0.3 is 14.8 Å². The third-order valence-electron chi connectivity index (χ3n) is 5.60. The molecule has 0 unspecified atom stereocenters. The van der Waals surface area contributed by atoms with Crippen molar-refractivity contribution >= 4 is 5.91 Å². The lowest BCUT2D eigenvalue weighted by molar-refractivity contribution is -0.122. The van der Waals surface area contributed by atoms with Crippen molar-refractivity contribution in [3.63, 3.8) is 0 Å². The highest BCUT2D eigenvalue weighted by Gasteiger charge is 2.16. The summed E-state index contributed by atoms with van der Waals surface area (Å²) >= 11 is 0. The lowest BCUT2D eigenvalue weighted by Crippen LogP contribution is -2.36. The van der Waals surface area contributed by atoms with E-state index in [0.29, 0.717) is 13.1 Å². The summed E-state index contributed by atoms with van der Waals surface area (Å²) in [7, 11) is 5.21. The van der Waals surface area contributed by atoms with Crippen LogP contribution in [-0.2, 0) is 24.2 Å². The van der Waals surface area contributed by atoms with Gasteiger partial charge in [-0.15, -0.1) is 0 Å². The van der Waals surface area contributed by atoms with Gasteiger partial charge >= 0.3 is 0 Å². The molecule has 0 saturated carbocycles. The number of carbonyl (C=O) groups is 1. The van der Waals surface area contributed by atoms with Crippen molar-refractivity contribution in [3.8, 4) is 11.5 Å². The molecule has 0 fully saturated rings. The molecule has 0 spiro atoms. The minimum atomic E-state index is -0.00125. The monoisotopic (exact) mass is 396 g/mol. The molecule has 2 aromatic carbocycles. The third-order valence-corrected chi connectivity index (χ3v) is 5.60. The largest absolute Gasteiger partial charge is 0.497 e. The molecule has 29 heavy (non-hydrogen) atoms. The smallest absolute Gasteiger partial charge is 0.234 e. The first-order chi connectivity index (χ1) is 14.0. The standard InChI is InChI=1S/C24H32N2O3/c1-17(19-10-9-18-7-5-6-8-20(18)13-19)25-24(27)16-26(2)15-21-11-12-22(28-3)14-23(21)29-4/h9-14,17H,5-8,15-16H2,1-4H3,(H,25,27)/t17-/m0/s1. The molecule has 5 heteroatoms. The number of carbonyl (C=O) groups excluding carboxylic acids is 1. The van der Waals surface area contributed by atoms with Crippen LogP contribution in [0.4, 0.5) is 0 Å². The Labute approximate surface area is 174 Å². The predicted molar refractivity (Wildman–Crippen MR) is 116 cm³/mol. The molecule has 3 rings (SSSR count). The van der Waals surface area contributed by atoms with E-state index in [1.54, 1.807) is 14.2 Å². The first kappa shape index (κ1) is 21.2. The molecule has 1 aliphatic rings. The minimum Gasteiger partial charge on any atom is -0.497 e. The molecule has 1 atom stereocenters. The van der Waals surface area contributed by atoms with Gasteiger partial charge in [-0.1, -0.05) is 24.3 Å². The molecule has 1 amide bonds. The summed E-state index contributed by atoms with van der Waals surface area (Å²) in [6, 6.07) is 12.4. The number of aryl methyl sites for hydroxylation is 2. The van der Waals surface area contributed by atoms with Gasteiger partial charge in [0, 0.05) is 18.2 Å². The second kappa shape index (κ2) is 9.79. The number of amides is 1. The van der Waals surface area contributed by atoms with Crippen molar-refractivity contribution in [2.24, 2.45) is 0 Å². The average Bonchev–Trinajstić information content (AvgIpc) is 2.73. The molecule has 2 aromatic rings. The first-order valence-electron chi connectivity index (χ1n) is 10.3. The van der Waals surface area contributed by atoms with E-state index in [-0.39, 0.29) is 11.9 Å². The Balaban J connectivity index is 1.56. The van der Waals surface area contributed by atoms with Crippen LogP contribution < -0.4 is 14.8 Å². The normalized spacial score (nSPS) is 14.2. The Morgan fingerprint density at radius 2 is 1.83 bits per heavy atom. The summed E-state index contributed by atoms with van der Waals surface area (Å²) in [6.07, 6.45) is 4.87. The van der Waals surface area contributed by atoms with E-state index >= 15 is 0 Å². The van der Waals surface area contributed by atoms with Crippen molar-refractivity contribution in [2.75, 3.05) is 27.8 Å². The molecule has 1 N–H and O–H groups in total. The SMILES string of the molecule is COc1ccc(CN(C)CC(=O)N[C@@H](C)c2ccc3c(c2)CCCC3)c(OC)c1. The lowest BCUT2D eigenvalue weighted by atomic mass is 9.89. The summed E-state index contributed by atoms with van der Waals surface area (Å²) in [4.78, 5) is 14.6. The van der Waals surface area contributed by atoms with E-state index in [1.807, 2.05) is 30.1 Å². The summed E-state index contributed by atoms with van der Waals surface area (Å²) < 4.78 is 10.7. The van der Waals surface area contributed by atoms with Gasteiger partial charge in [0.1, 0.15) is 11.5 Å². The Hall–Kier alpha value is -2.53. The molecule has 0 bridgehead atoms. The number of methoxy groups -OCH3 is 2. The maximum absolute atomic E-state index is 12.6. The molecule has 5 nitrogen and oxygen atoms in total. The van der Waals surface area contributed by atoms with Gasteiger partial charge in [-0.3, -0.25) is 9.69 Å². The van der Waals surface area contributed by atoms with Gasteiger partial charge in [0.25, 0.3) is 0 Å². The number of hydrogen-bond acceptors (Lipinski definition) is 4. The lowest BCUT2D eigenvalue weighted by Gasteiger charge is -2.22. The van der Waals surface area contributed by atoms with Crippen LogP contribution in [0, 0.1) is 0 Å². The van der Waals surface area contributed by atoms with Crippen LogP contribution in [-0.4, -0.2) is 38.6 Å². The van der Waals surface area contributed by atoms with Crippen LogP contribution in [0.15, 0.2) is 36.4 Å². The van der Waals surface area contributed by atoms with Crippen molar-refractivity contribution < 1.29 is 14.3 Å². The van der Waals surface area contributed by atoms with Gasteiger partial charge in [-0.25, -0.2) is 0 Å². The molecule has 0 aromatic heterocycles. The van der Waals surface area contributed by atoms with E-state index in [9.17, 15) is 4.79 Å². The van der Waals surface area contributed by atoms with Crippen molar-refractivity contribution in [1.82, 2.24) is 10.2 Å². The number of hydrogen-bond donors (Lipinski definition) is 1. The fourth-order valence-corrected chi connectivity index (χ4v) is 3.97. The maximum atomic E-state index is 12.6. The topological polar surface area (TPSA) is 50.8 Å². The van der Waals surface area contributed by atoms with Crippen LogP contribution in [0.1, 0.15) is 48.1 Å². The van der Waals surface area contributed by atoms with Gasteiger partial charge in [-0.05, 0) is 62.4 Å².